The van der Waals surface area contributed by atoms with Crippen molar-refractivity contribution in [1.29, 1.82) is 0 Å². The average Bonchev–Trinajstić information content (AvgIpc) is 3.34. The number of rotatable bonds is 50. The van der Waals surface area contributed by atoms with E-state index in [0.717, 1.165) is 103 Å². The van der Waals surface area contributed by atoms with E-state index in [2.05, 4.69) is 130 Å². The second-order valence-corrected chi connectivity index (χ2v) is 18.1. The highest BCUT2D eigenvalue weighted by Crippen LogP contribution is 2.14. The summed E-state index contributed by atoms with van der Waals surface area (Å²) in [5, 5.41) is 0. The average molecular weight is 942 g/mol. The van der Waals surface area contributed by atoms with E-state index in [0.29, 0.717) is 13.0 Å². The molecule has 0 aromatic rings. The Balaban J connectivity index is 4.41. The zero-order valence-corrected chi connectivity index (χ0v) is 44.3. The van der Waals surface area contributed by atoms with E-state index in [4.69, 9.17) is 14.2 Å². The molecule has 0 saturated carbocycles. The van der Waals surface area contributed by atoms with Gasteiger partial charge >= 0.3 is 11.9 Å². The van der Waals surface area contributed by atoms with Gasteiger partial charge in [0.05, 0.1) is 13.0 Å². The first-order valence-electron chi connectivity index (χ1n) is 28.1. The molecule has 0 heterocycles. The number of carbonyl (C=O) groups is 2. The number of esters is 2. The maximum Gasteiger partial charge on any atom is 0.310 e. The fourth-order valence-corrected chi connectivity index (χ4v) is 7.39. The monoisotopic (exact) mass is 941 g/mol. The smallest absolute Gasteiger partial charge is 0.310 e. The van der Waals surface area contributed by atoms with Crippen molar-refractivity contribution in [1.82, 2.24) is 0 Å². The highest BCUT2D eigenvalue weighted by molar-refractivity contribution is 5.71. The van der Waals surface area contributed by atoms with Crippen molar-refractivity contribution in [2.45, 2.75) is 245 Å². The van der Waals surface area contributed by atoms with Gasteiger partial charge in [-0.15, -0.1) is 0 Å². The van der Waals surface area contributed by atoms with Gasteiger partial charge in [-0.3, -0.25) is 9.59 Å². The summed E-state index contributed by atoms with van der Waals surface area (Å²) in [6.45, 7) is 7.46. The van der Waals surface area contributed by atoms with E-state index in [1.165, 1.54) is 103 Å². The maximum atomic E-state index is 12.8. The largest absolute Gasteiger partial charge is 0.462 e. The summed E-state index contributed by atoms with van der Waals surface area (Å²) in [4.78, 5) is 25.4. The molecule has 5 heteroatoms. The minimum absolute atomic E-state index is 0.0258. The molecule has 0 bridgehead atoms. The van der Waals surface area contributed by atoms with E-state index in [9.17, 15) is 9.59 Å². The molecule has 0 fully saturated rings. The molecule has 0 N–H and O–H groups in total. The van der Waals surface area contributed by atoms with Crippen molar-refractivity contribution in [2.75, 3.05) is 19.8 Å². The van der Waals surface area contributed by atoms with Crippen molar-refractivity contribution in [3.8, 4) is 0 Å². The first-order valence-corrected chi connectivity index (χ1v) is 28.1. The SMILES string of the molecule is CC/C=C\C/C=C\C/C=C\C/C=C\C/C=C\CC(=O)OC(COCCCCCCCCCCCC/C=C\CCCCCCCC)COC(=O)CCCCCC/C=C\C/C=C\C/C=C\C/C=C\CC. The number of hydrogen-bond donors (Lipinski definition) is 0. The topological polar surface area (TPSA) is 61.8 Å². The third-order valence-electron chi connectivity index (χ3n) is 11.5. The first kappa shape index (κ1) is 64.3. The van der Waals surface area contributed by atoms with Gasteiger partial charge in [0.15, 0.2) is 6.10 Å². The zero-order valence-electron chi connectivity index (χ0n) is 44.3. The van der Waals surface area contributed by atoms with E-state index in [1.807, 2.05) is 12.2 Å². The summed E-state index contributed by atoms with van der Waals surface area (Å²) >= 11 is 0. The Morgan fingerprint density at radius 2 is 0.706 bits per heavy atom. The van der Waals surface area contributed by atoms with Crippen LogP contribution in [0.5, 0.6) is 0 Å². The molecule has 0 spiro atoms. The van der Waals surface area contributed by atoms with Crippen molar-refractivity contribution in [2.24, 2.45) is 0 Å². The number of ether oxygens (including phenoxy) is 3. The molecule has 0 amide bonds. The molecule has 0 aromatic carbocycles. The van der Waals surface area contributed by atoms with Crippen LogP contribution in [-0.2, 0) is 23.8 Å². The Kier molecular flexibility index (Phi) is 54.5. The lowest BCUT2D eigenvalue weighted by Crippen LogP contribution is -2.29. The molecule has 0 aliphatic heterocycles. The molecule has 68 heavy (non-hydrogen) atoms. The zero-order chi connectivity index (χ0) is 49.2. The van der Waals surface area contributed by atoms with E-state index in [-0.39, 0.29) is 31.6 Å². The summed E-state index contributed by atoms with van der Waals surface area (Å²) in [6, 6.07) is 0. The quantitative estimate of drug-likeness (QED) is 0.0345. The van der Waals surface area contributed by atoms with Crippen LogP contribution < -0.4 is 0 Å². The van der Waals surface area contributed by atoms with Gasteiger partial charge < -0.3 is 14.2 Å². The van der Waals surface area contributed by atoms with E-state index >= 15 is 0 Å². The third kappa shape index (κ3) is 54.9. The predicted octanol–water partition coefficient (Wildman–Crippen LogP) is 19.3. The maximum absolute atomic E-state index is 12.8. The van der Waals surface area contributed by atoms with Gasteiger partial charge in [-0.05, 0) is 109 Å². The molecular formula is C63H104O5. The van der Waals surface area contributed by atoms with Crippen LogP contribution in [0.25, 0.3) is 0 Å². The standard InChI is InChI=1S/C63H104O5/c1-4-7-10-13-16-19-22-25-28-30-31-32-34-37-40-43-46-49-52-55-58-66-59-61(68-63(65)57-54-51-48-45-42-39-35-27-24-21-18-15-12-9-6-3)60-67-62(64)56-53-50-47-44-41-38-36-33-29-26-23-20-17-14-11-8-5-2/h8-9,11-12,17-18,20-21,25-29,35-36,38,42,45,51,54,61H,4-7,10,13-16,19,22-24,30-34,37,39-41,43-44,46-50,52-53,55-60H2,1-3H3/b11-8-,12-9-,20-17-,21-18-,28-25-,29-26-,35-27-,38-36-,45-42-,54-51-. The second-order valence-electron chi connectivity index (χ2n) is 18.1. The molecule has 0 saturated heterocycles. The lowest BCUT2D eigenvalue weighted by Gasteiger charge is -2.18. The molecule has 0 aliphatic rings. The lowest BCUT2D eigenvalue weighted by atomic mass is 10.1. The van der Waals surface area contributed by atoms with Gasteiger partial charge in [-0.25, -0.2) is 0 Å². The molecule has 5 nitrogen and oxygen atoms in total. The Labute approximate surface area is 420 Å². The van der Waals surface area contributed by atoms with Crippen molar-refractivity contribution in [3.63, 3.8) is 0 Å². The minimum Gasteiger partial charge on any atom is -0.462 e. The predicted molar refractivity (Wildman–Crippen MR) is 297 cm³/mol. The van der Waals surface area contributed by atoms with Gasteiger partial charge in [-0.2, -0.15) is 0 Å². The normalized spacial score (nSPS) is 13.2. The van der Waals surface area contributed by atoms with Gasteiger partial charge in [0.2, 0.25) is 0 Å². The van der Waals surface area contributed by atoms with Gasteiger partial charge in [0.1, 0.15) is 6.61 Å². The van der Waals surface area contributed by atoms with Crippen LogP contribution in [0.2, 0.25) is 0 Å². The molecular weight excluding hydrogens is 837 g/mol. The third-order valence-corrected chi connectivity index (χ3v) is 11.5. The number of hydrogen-bond acceptors (Lipinski definition) is 5. The van der Waals surface area contributed by atoms with Gasteiger partial charge in [-0.1, -0.05) is 239 Å². The molecule has 0 aromatic heterocycles. The van der Waals surface area contributed by atoms with Crippen molar-refractivity contribution in [3.05, 3.63) is 122 Å². The summed E-state index contributed by atoms with van der Waals surface area (Å²) in [5.74, 6) is -0.575. The highest BCUT2D eigenvalue weighted by atomic mass is 16.6. The van der Waals surface area contributed by atoms with Gasteiger partial charge in [0, 0.05) is 13.0 Å². The summed E-state index contributed by atoms with van der Waals surface area (Å²) in [7, 11) is 0. The van der Waals surface area contributed by atoms with E-state index in [1.54, 1.807) is 0 Å². The van der Waals surface area contributed by atoms with E-state index < -0.39 is 6.10 Å². The molecule has 1 unspecified atom stereocenters. The first-order chi connectivity index (χ1) is 33.6. The summed E-state index contributed by atoms with van der Waals surface area (Å²) < 4.78 is 17.3. The number of carbonyl (C=O) groups excluding carboxylic acids is 2. The van der Waals surface area contributed by atoms with Crippen molar-refractivity contribution >= 4 is 11.9 Å². The summed E-state index contributed by atoms with van der Waals surface area (Å²) in [5.41, 5.74) is 0. The van der Waals surface area contributed by atoms with Crippen LogP contribution >= 0.6 is 0 Å². The Morgan fingerprint density at radius 3 is 1.15 bits per heavy atom. The van der Waals surface area contributed by atoms with Crippen LogP contribution in [0, 0.1) is 0 Å². The fourth-order valence-electron chi connectivity index (χ4n) is 7.39. The lowest BCUT2D eigenvalue weighted by molar-refractivity contribution is -0.162. The number of allylic oxidation sites excluding steroid dienone is 19. The Morgan fingerprint density at radius 1 is 0.353 bits per heavy atom. The van der Waals surface area contributed by atoms with Crippen molar-refractivity contribution < 1.29 is 23.8 Å². The fraction of sp³-hybridized carbons (Fsp3) is 0.651. The van der Waals surface area contributed by atoms with Crippen LogP contribution in [0.3, 0.4) is 0 Å². The Bertz CT molecular complexity index is 1390. The minimum atomic E-state index is -0.610. The molecule has 386 valence electrons. The highest BCUT2D eigenvalue weighted by Gasteiger charge is 2.17. The van der Waals surface area contributed by atoms with Crippen LogP contribution in [0.4, 0.5) is 0 Å². The Hall–Kier alpha value is -3.70. The second kappa shape index (κ2) is 57.6. The number of unbranched alkanes of at least 4 members (excludes halogenated alkanes) is 20. The molecule has 0 radical (unpaired) electrons. The van der Waals surface area contributed by atoms with Gasteiger partial charge in [0.25, 0.3) is 0 Å². The van der Waals surface area contributed by atoms with Crippen LogP contribution in [0.1, 0.15) is 239 Å². The van der Waals surface area contributed by atoms with Crippen LogP contribution in [-0.4, -0.2) is 37.9 Å². The molecule has 1 atom stereocenters. The molecule has 0 rings (SSSR count). The van der Waals surface area contributed by atoms with Crippen LogP contribution in [0.15, 0.2) is 122 Å². The summed E-state index contributed by atoms with van der Waals surface area (Å²) in [6.07, 6.45) is 81.0. The molecule has 0 aliphatic carbocycles.